The average Bonchev–Trinajstić information content (AvgIpc) is 3.05. The van der Waals surface area contributed by atoms with E-state index in [2.05, 4.69) is 10.3 Å². The predicted molar refractivity (Wildman–Crippen MR) is 68.2 cm³/mol. The molecule has 0 radical (unpaired) electrons. The van der Waals surface area contributed by atoms with Gasteiger partial charge in [-0.05, 0) is 37.3 Å². The highest BCUT2D eigenvalue weighted by atomic mass is 35.5. The molecule has 1 saturated carbocycles. The predicted octanol–water partition coefficient (Wildman–Crippen LogP) is 2.30. The van der Waals surface area contributed by atoms with Gasteiger partial charge >= 0.3 is 0 Å². The molecular weight excluding hydrogens is 238 g/mol. The van der Waals surface area contributed by atoms with E-state index in [0.717, 1.165) is 18.9 Å². The second-order valence-electron chi connectivity index (χ2n) is 4.78. The van der Waals surface area contributed by atoms with Crippen LogP contribution in [0.2, 0.25) is 5.15 Å². The van der Waals surface area contributed by atoms with Crippen LogP contribution in [0.3, 0.4) is 0 Å². The third-order valence-electron chi connectivity index (χ3n) is 3.44. The third kappa shape index (κ3) is 2.33. The minimum absolute atomic E-state index is 0.315. The zero-order valence-electron chi connectivity index (χ0n) is 9.53. The number of ether oxygens (including phenoxy) is 1. The number of anilines is 2. The number of aromatic nitrogens is 1. The van der Waals surface area contributed by atoms with Crippen LogP contribution in [0.5, 0.6) is 0 Å². The zero-order valence-corrected chi connectivity index (χ0v) is 10.3. The maximum atomic E-state index is 5.88. The molecular formula is C12H16ClN3O. The largest absolute Gasteiger partial charge is 0.396 e. The summed E-state index contributed by atoms with van der Waals surface area (Å²) in [6.45, 7) is 0.819. The average molecular weight is 254 g/mol. The molecule has 2 atom stereocenters. The minimum Gasteiger partial charge on any atom is -0.396 e. The smallest absolute Gasteiger partial charge is 0.151 e. The monoisotopic (exact) mass is 253 g/mol. The van der Waals surface area contributed by atoms with Gasteiger partial charge in [0, 0.05) is 6.61 Å². The quantitative estimate of drug-likeness (QED) is 0.812. The fourth-order valence-corrected chi connectivity index (χ4v) is 2.54. The number of nitrogens with two attached hydrogens (primary N) is 1. The van der Waals surface area contributed by atoms with E-state index in [-0.39, 0.29) is 0 Å². The second kappa shape index (κ2) is 4.35. The Morgan fingerprint density at radius 2 is 2.18 bits per heavy atom. The molecule has 3 N–H and O–H groups in total. The SMILES string of the molecule is Nc1ccc(Cl)nc1NC1CCOC1C1CC1. The van der Waals surface area contributed by atoms with Crippen molar-refractivity contribution in [3.63, 3.8) is 0 Å². The summed E-state index contributed by atoms with van der Waals surface area (Å²) in [5.74, 6) is 1.40. The molecule has 0 bridgehead atoms. The number of nitrogen functional groups attached to an aromatic ring is 1. The van der Waals surface area contributed by atoms with Gasteiger partial charge in [-0.15, -0.1) is 0 Å². The van der Waals surface area contributed by atoms with Gasteiger partial charge in [0.15, 0.2) is 5.82 Å². The Kier molecular flexibility index (Phi) is 2.84. The van der Waals surface area contributed by atoms with Crippen LogP contribution in [0.25, 0.3) is 0 Å². The van der Waals surface area contributed by atoms with Gasteiger partial charge in [-0.1, -0.05) is 11.6 Å². The summed E-state index contributed by atoms with van der Waals surface area (Å²) in [6.07, 6.45) is 3.88. The number of hydrogen-bond donors (Lipinski definition) is 2. The minimum atomic E-state index is 0.315. The van der Waals surface area contributed by atoms with Crippen molar-refractivity contribution in [2.24, 2.45) is 5.92 Å². The van der Waals surface area contributed by atoms with Crippen molar-refractivity contribution in [3.8, 4) is 0 Å². The van der Waals surface area contributed by atoms with Crippen molar-refractivity contribution in [2.75, 3.05) is 17.7 Å². The van der Waals surface area contributed by atoms with Crippen LogP contribution >= 0.6 is 11.6 Å². The van der Waals surface area contributed by atoms with Crippen LogP contribution in [-0.2, 0) is 4.74 Å². The van der Waals surface area contributed by atoms with E-state index in [4.69, 9.17) is 22.1 Å². The highest BCUT2D eigenvalue weighted by Crippen LogP contribution is 2.39. The van der Waals surface area contributed by atoms with Crippen molar-refractivity contribution < 1.29 is 4.74 Å². The van der Waals surface area contributed by atoms with Crippen LogP contribution in [0.1, 0.15) is 19.3 Å². The Labute approximate surface area is 106 Å². The lowest BCUT2D eigenvalue weighted by Crippen LogP contribution is -2.31. The van der Waals surface area contributed by atoms with E-state index in [1.54, 1.807) is 12.1 Å². The summed E-state index contributed by atoms with van der Waals surface area (Å²) < 4.78 is 5.77. The highest BCUT2D eigenvalue weighted by molar-refractivity contribution is 6.29. The third-order valence-corrected chi connectivity index (χ3v) is 3.65. The van der Waals surface area contributed by atoms with Crippen LogP contribution in [0.4, 0.5) is 11.5 Å². The lowest BCUT2D eigenvalue weighted by molar-refractivity contribution is 0.0898. The lowest BCUT2D eigenvalue weighted by atomic mass is 10.1. The van der Waals surface area contributed by atoms with E-state index in [9.17, 15) is 0 Å². The molecule has 5 heteroatoms. The summed E-state index contributed by atoms with van der Waals surface area (Å²) >= 11 is 5.88. The fraction of sp³-hybridized carbons (Fsp3) is 0.583. The van der Waals surface area contributed by atoms with Crippen LogP contribution < -0.4 is 11.1 Å². The molecule has 1 saturated heterocycles. The molecule has 2 heterocycles. The van der Waals surface area contributed by atoms with E-state index < -0.39 is 0 Å². The topological polar surface area (TPSA) is 60.2 Å². The van der Waals surface area contributed by atoms with Crippen LogP contribution in [-0.4, -0.2) is 23.7 Å². The summed E-state index contributed by atoms with van der Waals surface area (Å²) in [4.78, 5) is 4.22. The molecule has 1 aromatic rings. The maximum absolute atomic E-state index is 5.88. The molecule has 1 aromatic heterocycles. The normalized spacial score (nSPS) is 28.3. The molecule has 2 unspecified atom stereocenters. The Morgan fingerprint density at radius 1 is 1.35 bits per heavy atom. The Hall–Kier alpha value is -1.00. The molecule has 92 valence electrons. The first-order valence-corrected chi connectivity index (χ1v) is 6.42. The van der Waals surface area contributed by atoms with Crippen LogP contribution in [0, 0.1) is 5.92 Å². The van der Waals surface area contributed by atoms with Gasteiger partial charge in [-0.3, -0.25) is 0 Å². The molecule has 3 rings (SSSR count). The fourth-order valence-electron chi connectivity index (χ4n) is 2.39. The van der Waals surface area contributed by atoms with Gasteiger partial charge in [0.1, 0.15) is 5.15 Å². The number of nitrogens with zero attached hydrogens (tertiary/aromatic N) is 1. The number of pyridine rings is 1. The van der Waals surface area contributed by atoms with E-state index in [1.165, 1.54) is 12.8 Å². The molecule has 1 aliphatic heterocycles. The van der Waals surface area contributed by atoms with Crippen molar-refractivity contribution in [1.82, 2.24) is 4.98 Å². The molecule has 2 fully saturated rings. The van der Waals surface area contributed by atoms with Crippen molar-refractivity contribution in [2.45, 2.75) is 31.4 Å². The first-order valence-electron chi connectivity index (χ1n) is 6.04. The highest BCUT2D eigenvalue weighted by Gasteiger charge is 2.40. The molecule has 2 aliphatic rings. The van der Waals surface area contributed by atoms with Crippen LogP contribution in [0.15, 0.2) is 12.1 Å². The van der Waals surface area contributed by atoms with Crippen molar-refractivity contribution in [3.05, 3.63) is 17.3 Å². The first-order chi connectivity index (χ1) is 8.24. The van der Waals surface area contributed by atoms with Gasteiger partial charge in [0.05, 0.1) is 17.8 Å². The molecule has 4 nitrogen and oxygen atoms in total. The molecule has 17 heavy (non-hydrogen) atoms. The van der Waals surface area contributed by atoms with Gasteiger partial charge < -0.3 is 15.8 Å². The van der Waals surface area contributed by atoms with E-state index in [0.29, 0.717) is 28.8 Å². The summed E-state index contributed by atoms with van der Waals surface area (Å²) in [5, 5.41) is 3.84. The number of nitrogens with one attached hydrogen (secondary N) is 1. The standard InChI is InChI=1S/C12H16ClN3O/c13-10-4-3-8(14)12(16-10)15-9-5-6-17-11(9)7-1-2-7/h3-4,7,9,11H,1-2,5-6,14H2,(H,15,16). The van der Waals surface area contributed by atoms with Crippen molar-refractivity contribution >= 4 is 23.1 Å². The van der Waals surface area contributed by atoms with E-state index in [1.807, 2.05) is 0 Å². The number of halogens is 1. The molecule has 0 amide bonds. The molecule has 1 aliphatic carbocycles. The first kappa shape index (κ1) is 11.1. The maximum Gasteiger partial charge on any atom is 0.151 e. The number of hydrogen-bond acceptors (Lipinski definition) is 4. The van der Waals surface area contributed by atoms with Gasteiger partial charge in [0.25, 0.3) is 0 Å². The van der Waals surface area contributed by atoms with Gasteiger partial charge in [0.2, 0.25) is 0 Å². The van der Waals surface area contributed by atoms with Gasteiger partial charge in [-0.25, -0.2) is 4.98 Å². The summed E-state index contributed by atoms with van der Waals surface area (Å²) in [6, 6.07) is 3.79. The Morgan fingerprint density at radius 3 is 2.94 bits per heavy atom. The zero-order chi connectivity index (χ0) is 11.8. The lowest BCUT2D eigenvalue weighted by Gasteiger charge is -2.20. The Bertz CT molecular complexity index is 422. The Balaban J connectivity index is 1.74. The molecule has 0 aromatic carbocycles. The summed E-state index contributed by atoms with van der Waals surface area (Å²) in [5.41, 5.74) is 6.52. The van der Waals surface area contributed by atoms with Crippen molar-refractivity contribution in [1.29, 1.82) is 0 Å². The number of rotatable bonds is 3. The summed E-state index contributed by atoms with van der Waals surface area (Å²) in [7, 11) is 0. The molecule has 0 spiro atoms. The van der Waals surface area contributed by atoms with Gasteiger partial charge in [-0.2, -0.15) is 0 Å². The van der Waals surface area contributed by atoms with E-state index >= 15 is 0 Å². The second-order valence-corrected chi connectivity index (χ2v) is 5.17.